The van der Waals surface area contributed by atoms with Crippen molar-refractivity contribution in [2.75, 3.05) is 47.5 Å². The van der Waals surface area contributed by atoms with Gasteiger partial charge in [0.2, 0.25) is 0 Å². The molecule has 0 aliphatic rings. The first-order chi connectivity index (χ1) is 31.8. The van der Waals surface area contributed by atoms with Crippen molar-refractivity contribution < 1.29 is 52.3 Å². The lowest BCUT2D eigenvalue weighted by Gasteiger charge is -2.28. The maximum Gasteiger partial charge on any atom is 0.306 e. The van der Waals surface area contributed by atoms with Crippen molar-refractivity contribution in [3.05, 3.63) is 85.1 Å². The summed E-state index contributed by atoms with van der Waals surface area (Å²) in [5.41, 5.74) is 0. The minimum atomic E-state index is -4.68. The number of aliphatic hydroxyl groups is 2. The molecule has 0 spiro atoms. The predicted molar refractivity (Wildman–Crippen MR) is 271 cm³/mol. The highest BCUT2D eigenvalue weighted by atomic mass is 31.2. The van der Waals surface area contributed by atoms with Gasteiger partial charge in [-0.2, -0.15) is 0 Å². The Hall–Kier alpha value is -2.89. The van der Waals surface area contributed by atoms with Gasteiger partial charge in [0.1, 0.15) is 19.8 Å². The smallest absolute Gasteiger partial charge is 0.306 e. The van der Waals surface area contributed by atoms with Crippen molar-refractivity contribution in [2.24, 2.45) is 0 Å². The molecule has 0 amide bonds. The van der Waals surface area contributed by atoms with E-state index in [1.165, 1.54) is 96.3 Å². The minimum Gasteiger partial charge on any atom is -0.756 e. The van der Waals surface area contributed by atoms with Gasteiger partial charge in [0.25, 0.3) is 7.82 Å². The van der Waals surface area contributed by atoms with Crippen molar-refractivity contribution >= 4 is 19.8 Å². The van der Waals surface area contributed by atoms with Gasteiger partial charge >= 0.3 is 11.9 Å². The first-order valence-electron chi connectivity index (χ1n) is 25.5. The molecule has 1 unspecified atom stereocenters. The van der Waals surface area contributed by atoms with Crippen LogP contribution in [0.1, 0.15) is 181 Å². The van der Waals surface area contributed by atoms with Crippen LogP contribution in [-0.4, -0.2) is 92.5 Å². The summed E-state index contributed by atoms with van der Waals surface area (Å²) in [5, 5.41) is 20.0. The summed E-state index contributed by atoms with van der Waals surface area (Å²) < 4.78 is 33.8. The molecule has 66 heavy (non-hydrogen) atoms. The summed E-state index contributed by atoms with van der Waals surface area (Å²) in [4.78, 5) is 37.7. The highest BCUT2D eigenvalue weighted by Crippen LogP contribution is 2.38. The Bertz CT molecular complexity index is 1430. The van der Waals surface area contributed by atoms with Gasteiger partial charge in [-0.05, 0) is 64.2 Å². The van der Waals surface area contributed by atoms with Gasteiger partial charge in [-0.15, -0.1) is 0 Å². The molecule has 2 N–H and O–H groups in total. The van der Waals surface area contributed by atoms with E-state index < -0.39 is 44.7 Å². The van der Waals surface area contributed by atoms with E-state index in [-0.39, 0.29) is 26.1 Å². The van der Waals surface area contributed by atoms with E-state index in [4.69, 9.17) is 18.5 Å². The van der Waals surface area contributed by atoms with E-state index in [2.05, 4.69) is 19.1 Å². The minimum absolute atomic E-state index is 0.0397. The highest BCUT2D eigenvalue weighted by Gasteiger charge is 2.21. The van der Waals surface area contributed by atoms with Gasteiger partial charge in [0, 0.05) is 12.8 Å². The highest BCUT2D eigenvalue weighted by molar-refractivity contribution is 7.45. The first-order valence-corrected chi connectivity index (χ1v) is 27.0. The standard InChI is InChI=1S/C54H94NO10P/c1-6-8-10-11-12-13-14-15-16-17-18-19-20-21-22-23-24-25-26-30-38-44-53(58)62-48-52(49-64-66(60,61)63-47-46-55(3,4)5)65-54(59)45-39-31-28-27-29-35-41-51(57)43-37-33-32-36-42-50(56)40-34-9-7-2/h9,15-16,28-29,31-37,42-43,50-52,56-57H,6-8,10-14,17-27,30,38-41,44-49H2,1-5H3/b16-15-,31-28-,33-32-,34-9-,35-29-,42-36+,43-37+/t50-,51+,52+/m0/s1. The molecule has 0 aromatic carbocycles. The number of carbonyl (C=O) groups is 2. The summed E-state index contributed by atoms with van der Waals surface area (Å²) in [6.07, 6.45) is 51.2. The van der Waals surface area contributed by atoms with Gasteiger partial charge < -0.3 is 38.1 Å². The molecule has 0 aromatic heterocycles. The van der Waals surface area contributed by atoms with E-state index in [1.807, 2.05) is 64.5 Å². The molecule has 11 nitrogen and oxygen atoms in total. The Kier molecular flexibility index (Phi) is 42.7. The Morgan fingerprint density at radius 1 is 0.576 bits per heavy atom. The normalized spacial score (nSPS) is 15.1. The number of phosphoric ester groups is 1. The van der Waals surface area contributed by atoms with Crippen LogP contribution in [-0.2, 0) is 32.7 Å². The molecule has 4 atom stereocenters. The van der Waals surface area contributed by atoms with Crippen LogP contribution in [0.25, 0.3) is 0 Å². The van der Waals surface area contributed by atoms with Gasteiger partial charge in [-0.1, -0.05) is 189 Å². The van der Waals surface area contributed by atoms with E-state index in [0.717, 1.165) is 25.7 Å². The van der Waals surface area contributed by atoms with Crippen LogP contribution in [0, 0.1) is 0 Å². The fourth-order valence-corrected chi connectivity index (χ4v) is 7.28. The molecule has 0 heterocycles. The van der Waals surface area contributed by atoms with Crippen molar-refractivity contribution in [2.45, 2.75) is 199 Å². The van der Waals surface area contributed by atoms with Crippen molar-refractivity contribution in [1.82, 2.24) is 0 Å². The van der Waals surface area contributed by atoms with Crippen molar-refractivity contribution in [3.8, 4) is 0 Å². The number of carbonyl (C=O) groups excluding carboxylic acids is 2. The van der Waals surface area contributed by atoms with Crippen LogP contribution in [0.15, 0.2) is 85.1 Å². The van der Waals surface area contributed by atoms with Crippen LogP contribution < -0.4 is 4.89 Å². The number of nitrogens with zero attached hydrogens (tertiary/aromatic N) is 1. The zero-order valence-electron chi connectivity index (χ0n) is 42.1. The fraction of sp³-hybridized carbons (Fsp3) is 0.704. The lowest BCUT2D eigenvalue weighted by molar-refractivity contribution is -0.870. The molecule has 0 radical (unpaired) electrons. The molecule has 0 aliphatic carbocycles. The quantitative estimate of drug-likeness (QED) is 0.0151. The maximum absolute atomic E-state index is 12.7. The van der Waals surface area contributed by atoms with Crippen LogP contribution in [0.2, 0.25) is 0 Å². The summed E-state index contributed by atoms with van der Waals surface area (Å²) >= 11 is 0. The molecule has 0 aromatic rings. The van der Waals surface area contributed by atoms with Crippen LogP contribution in [0.4, 0.5) is 0 Å². The number of phosphoric acid groups is 1. The Morgan fingerprint density at radius 2 is 1.08 bits per heavy atom. The number of hydrogen-bond donors (Lipinski definition) is 2. The third kappa shape index (κ3) is 47.6. The zero-order valence-corrected chi connectivity index (χ0v) is 43.0. The van der Waals surface area contributed by atoms with Gasteiger partial charge in [-0.25, -0.2) is 0 Å². The number of allylic oxidation sites excluding steroid dienone is 10. The average Bonchev–Trinajstić information content (AvgIpc) is 3.26. The lowest BCUT2D eigenvalue weighted by atomic mass is 10.0. The molecule has 0 fully saturated rings. The molecule has 380 valence electrons. The molecular formula is C54H94NO10P. The molecular weight excluding hydrogens is 854 g/mol. The number of hydrogen-bond acceptors (Lipinski definition) is 10. The number of quaternary nitrogens is 1. The van der Waals surface area contributed by atoms with Gasteiger partial charge in [0.05, 0.1) is 40.0 Å². The fourth-order valence-electron chi connectivity index (χ4n) is 6.56. The Balaban J connectivity index is 4.47. The number of aliphatic hydroxyl groups excluding tert-OH is 2. The third-order valence-electron chi connectivity index (χ3n) is 10.6. The predicted octanol–water partition coefficient (Wildman–Crippen LogP) is 12.4. The van der Waals surface area contributed by atoms with E-state index in [9.17, 15) is 29.3 Å². The van der Waals surface area contributed by atoms with Gasteiger partial charge in [0.15, 0.2) is 6.10 Å². The number of rotatable bonds is 45. The van der Waals surface area contributed by atoms with Crippen molar-refractivity contribution in [3.63, 3.8) is 0 Å². The number of likely N-dealkylation sites (N-methyl/N-ethyl adjacent to an activating group) is 1. The summed E-state index contributed by atoms with van der Waals surface area (Å²) in [6.45, 7) is 3.83. The largest absolute Gasteiger partial charge is 0.756 e. The first kappa shape index (κ1) is 63.1. The number of ether oxygens (including phenoxy) is 2. The Morgan fingerprint density at radius 3 is 1.62 bits per heavy atom. The van der Waals surface area contributed by atoms with Gasteiger partial charge in [-0.3, -0.25) is 14.2 Å². The summed E-state index contributed by atoms with van der Waals surface area (Å²) in [5.74, 6) is -1.01. The summed E-state index contributed by atoms with van der Waals surface area (Å²) in [7, 11) is 1.04. The number of unbranched alkanes of at least 4 members (excludes halogenated alkanes) is 17. The molecule has 0 saturated heterocycles. The molecule has 12 heteroatoms. The van der Waals surface area contributed by atoms with E-state index in [1.54, 1.807) is 36.5 Å². The summed E-state index contributed by atoms with van der Waals surface area (Å²) in [6, 6.07) is 0. The Labute approximate surface area is 402 Å². The van der Waals surface area contributed by atoms with Crippen LogP contribution in [0.3, 0.4) is 0 Å². The molecule has 0 bridgehead atoms. The zero-order chi connectivity index (χ0) is 48.8. The third-order valence-corrected chi connectivity index (χ3v) is 11.5. The van der Waals surface area contributed by atoms with Crippen LogP contribution in [0.5, 0.6) is 0 Å². The second-order valence-electron chi connectivity index (χ2n) is 18.2. The maximum atomic E-state index is 12.7. The SMILES string of the molecule is CC/C=C\C[C@H](O)/C=C/C=C\C=C\[C@H](O)C/C=C\C/C=C\CCC(=O)O[C@H](COC(=O)CCCCCCCCCCCCC/C=C\CCCCCCCC)COP(=O)([O-])OCC[N+](C)(C)C. The molecule has 0 saturated carbocycles. The second-order valence-corrected chi connectivity index (χ2v) is 19.6. The molecule has 0 aliphatic heterocycles. The second kappa shape index (κ2) is 44.6. The monoisotopic (exact) mass is 948 g/mol. The van der Waals surface area contributed by atoms with Crippen molar-refractivity contribution in [1.29, 1.82) is 0 Å². The topological polar surface area (TPSA) is 152 Å². The number of esters is 2. The van der Waals surface area contributed by atoms with E-state index in [0.29, 0.717) is 43.1 Å². The van der Waals surface area contributed by atoms with E-state index >= 15 is 0 Å². The lowest BCUT2D eigenvalue weighted by Crippen LogP contribution is -2.37. The van der Waals surface area contributed by atoms with Crippen LogP contribution >= 0.6 is 7.82 Å². The average molecular weight is 948 g/mol. The molecule has 0 rings (SSSR count).